The van der Waals surface area contributed by atoms with Crippen LogP contribution < -0.4 is 4.74 Å². The fourth-order valence-corrected chi connectivity index (χ4v) is 1.17. The zero-order chi connectivity index (χ0) is 12.7. The van der Waals surface area contributed by atoms with Crippen LogP contribution in [0.25, 0.3) is 0 Å². The maximum absolute atomic E-state index is 11.5. The highest BCUT2D eigenvalue weighted by Gasteiger charge is 2.01. The minimum Gasteiger partial charge on any atom is -0.497 e. The number of hydrogen-bond acceptors (Lipinski definition) is 2. The summed E-state index contributed by atoms with van der Waals surface area (Å²) in [7, 11) is 3.29. The molecule has 88 valence electrons. The van der Waals surface area contributed by atoms with E-state index in [2.05, 4.69) is 18.4 Å². The molecule has 0 radical (unpaired) electrons. The van der Waals surface area contributed by atoms with Gasteiger partial charge in [0.15, 0.2) is 0 Å². The van der Waals surface area contributed by atoms with Crippen molar-refractivity contribution < 1.29 is 9.53 Å². The van der Waals surface area contributed by atoms with E-state index in [4.69, 9.17) is 4.74 Å². The van der Waals surface area contributed by atoms with Gasteiger partial charge in [-0.2, -0.15) is 0 Å². The smallest absolute Gasteiger partial charge is 0.298 e. The van der Waals surface area contributed by atoms with Gasteiger partial charge in [-0.05, 0) is 24.3 Å². The summed E-state index contributed by atoms with van der Waals surface area (Å²) < 4.78 is 5.03. The van der Waals surface area contributed by atoms with Crippen molar-refractivity contribution >= 4 is 5.91 Å². The third kappa shape index (κ3) is 4.04. The quantitative estimate of drug-likeness (QED) is 0.583. The van der Waals surface area contributed by atoms with Crippen molar-refractivity contribution in [2.24, 2.45) is 0 Å². The summed E-state index contributed by atoms with van der Waals surface area (Å²) in [4.78, 5) is 13.0. The molecule has 0 aliphatic carbocycles. The number of nitrogens with zero attached hydrogens (tertiary/aromatic N) is 1. The van der Waals surface area contributed by atoms with E-state index >= 15 is 0 Å². The number of methoxy groups -OCH3 is 1. The van der Waals surface area contributed by atoms with E-state index in [0.29, 0.717) is 6.54 Å². The lowest BCUT2D eigenvalue weighted by Crippen LogP contribution is -2.24. The number of benzene rings is 1. The van der Waals surface area contributed by atoms with Crippen LogP contribution in [0.4, 0.5) is 0 Å². The number of hydrogen-bond donors (Lipinski definition) is 0. The molecule has 0 atom stereocenters. The fourth-order valence-electron chi connectivity index (χ4n) is 1.17. The molecule has 0 bridgehead atoms. The van der Waals surface area contributed by atoms with Crippen LogP contribution in [0.3, 0.4) is 0 Å². The molecule has 0 aliphatic heterocycles. The third-order valence-corrected chi connectivity index (χ3v) is 2.15. The van der Waals surface area contributed by atoms with Gasteiger partial charge in [0, 0.05) is 25.1 Å². The van der Waals surface area contributed by atoms with Crippen LogP contribution in [-0.4, -0.2) is 31.5 Å². The summed E-state index contributed by atoms with van der Waals surface area (Å²) in [6, 6.07) is 7.24. The van der Waals surface area contributed by atoms with Gasteiger partial charge < -0.3 is 9.64 Å². The molecule has 0 N–H and O–H groups in total. The van der Waals surface area contributed by atoms with Crippen molar-refractivity contribution in [1.82, 2.24) is 4.90 Å². The van der Waals surface area contributed by atoms with Crippen LogP contribution >= 0.6 is 0 Å². The number of amides is 1. The van der Waals surface area contributed by atoms with Crippen LogP contribution in [0.2, 0.25) is 0 Å². The van der Waals surface area contributed by atoms with Crippen LogP contribution in [0.1, 0.15) is 5.56 Å². The summed E-state index contributed by atoms with van der Waals surface area (Å²) in [6.45, 7) is 4.06. The molecule has 0 heterocycles. The summed E-state index contributed by atoms with van der Waals surface area (Å²) in [5.74, 6) is 5.92. The molecule has 0 unspecified atom stereocenters. The highest BCUT2D eigenvalue weighted by molar-refractivity contribution is 5.94. The number of likely N-dealkylation sites (N-methyl/N-ethyl adjacent to an activating group) is 1. The van der Waals surface area contributed by atoms with E-state index in [0.717, 1.165) is 11.3 Å². The fraction of sp³-hybridized carbons (Fsp3) is 0.214. The van der Waals surface area contributed by atoms with Gasteiger partial charge in [-0.15, -0.1) is 6.58 Å². The Morgan fingerprint density at radius 1 is 1.47 bits per heavy atom. The predicted molar refractivity (Wildman–Crippen MR) is 67.7 cm³/mol. The van der Waals surface area contributed by atoms with E-state index in [1.807, 2.05) is 24.3 Å². The van der Waals surface area contributed by atoms with Gasteiger partial charge in [-0.25, -0.2) is 0 Å². The van der Waals surface area contributed by atoms with Gasteiger partial charge >= 0.3 is 0 Å². The molecule has 1 aromatic rings. The molecule has 0 aliphatic rings. The molecule has 0 saturated heterocycles. The first kappa shape index (κ1) is 12.9. The topological polar surface area (TPSA) is 29.5 Å². The predicted octanol–water partition coefficient (Wildman–Crippen LogP) is 1.69. The lowest BCUT2D eigenvalue weighted by molar-refractivity contribution is -0.123. The SMILES string of the molecule is C=CCN(C)C(=O)C#Cc1ccc(OC)cc1. The first-order valence-corrected chi connectivity index (χ1v) is 5.19. The van der Waals surface area contributed by atoms with Crippen molar-refractivity contribution in [3.63, 3.8) is 0 Å². The van der Waals surface area contributed by atoms with Crippen molar-refractivity contribution in [1.29, 1.82) is 0 Å². The van der Waals surface area contributed by atoms with E-state index < -0.39 is 0 Å². The van der Waals surface area contributed by atoms with Crippen molar-refractivity contribution in [2.45, 2.75) is 0 Å². The summed E-state index contributed by atoms with van der Waals surface area (Å²) in [5.41, 5.74) is 0.783. The lowest BCUT2D eigenvalue weighted by atomic mass is 10.2. The average Bonchev–Trinajstić information content (AvgIpc) is 2.36. The normalized spacial score (nSPS) is 8.82. The average molecular weight is 229 g/mol. The lowest BCUT2D eigenvalue weighted by Gasteiger charge is -2.09. The highest BCUT2D eigenvalue weighted by atomic mass is 16.5. The van der Waals surface area contributed by atoms with Gasteiger partial charge in [0.05, 0.1) is 7.11 Å². The maximum Gasteiger partial charge on any atom is 0.298 e. The molecule has 1 amide bonds. The Hall–Kier alpha value is -2.21. The Morgan fingerprint density at radius 2 is 2.12 bits per heavy atom. The van der Waals surface area contributed by atoms with Crippen molar-refractivity contribution in [3.05, 3.63) is 42.5 Å². The summed E-state index contributed by atoms with van der Waals surface area (Å²) >= 11 is 0. The summed E-state index contributed by atoms with van der Waals surface area (Å²) in [6.07, 6.45) is 1.66. The maximum atomic E-state index is 11.5. The van der Waals surface area contributed by atoms with E-state index in [1.165, 1.54) is 4.90 Å². The second-order valence-electron chi connectivity index (χ2n) is 3.45. The number of ether oxygens (including phenoxy) is 1. The molecule has 3 heteroatoms. The van der Waals surface area contributed by atoms with E-state index in [-0.39, 0.29) is 5.91 Å². The number of rotatable bonds is 3. The second-order valence-corrected chi connectivity index (χ2v) is 3.45. The molecular weight excluding hydrogens is 214 g/mol. The molecule has 1 aromatic carbocycles. The molecule has 1 rings (SSSR count). The molecule has 3 nitrogen and oxygen atoms in total. The van der Waals surface area contributed by atoms with E-state index in [1.54, 1.807) is 20.2 Å². The largest absolute Gasteiger partial charge is 0.497 e. The van der Waals surface area contributed by atoms with Crippen molar-refractivity contribution in [2.75, 3.05) is 20.7 Å². The second kappa shape index (κ2) is 6.39. The zero-order valence-electron chi connectivity index (χ0n) is 10.1. The molecule has 0 fully saturated rings. The monoisotopic (exact) mass is 229 g/mol. The standard InChI is InChI=1S/C14H15NO2/c1-4-11-15(2)14(16)10-7-12-5-8-13(17-3)9-6-12/h4-6,8-9H,1,11H2,2-3H3. The van der Waals surface area contributed by atoms with Gasteiger partial charge in [0.1, 0.15) is 5.75 Å². The number of carbonyl (C=O) groups is 1. The van der Waals surface area contributed by atoms with E-state index in [9.17, 15) is 4.79 Å². The molecule has 0 saturated carbocycles. The van der Waals surface area contributed by atoms with Gasteiger partial charge in [-0.3, -0.25) is 4.79 Å². The number of carbonyl (C=O) groups excluding carboxylic acids is 1. The minimum atomic E-state index is -0.222. The van der Waals surface area contributed by atoms with Crippen LogP contribution in [0, 0.1) is 11.8 Å². The Balaban J connectivity index is 2.70. The van der Waals surface area contributed by atoms with Crippen LogP contribution in [-0.2, 0) is 4.79 Å². The highest BCUT2D eigenvalue weighted by Crippen LogP contribution is 2.10. The minimum absolute atomic E-state index is 0.222. The van der Waals surface area contributed by atoms with Gasteiger partial charge in [-0.1, -0.05) is 12.0 Å². The molecular formula is C14H15NO2. The van der Waals surface area contributed by atoms with Crippen molar-refractivity contribution in [3.8, 4) is 17.6 Å². The molecule has 0 aromatic heterocycles. The Kier molecular flexibility index (Phi) is 4.83. The third-order valence-electron chi connectivity index (χ3n) is 2.15. The first-order valence-electron chi connectivity index (χ1n) is 5.19. The summed E-state index contributed by atoms with van der Waals surface area (Å²) in [5, 5.41) is 0. The van der Waals surface area contributed by atoms with Crippen LogP contribution in [0.5, 0.6) is 5.75 Å². The van der Waals surface area contributed by atoms with Gasteiger partial charge in [0.2, 0.25) is 0 Å². The Morgan fingerprint density at radius 3 is 2.65 bits per heavy atom. The Bertz CT molecular complexity index is 451. The Labute approximate surface area is 102 Å². The zero-order valence-corrected chi connectivity index (χ0v) is 10.1. The van der Waals surface area contributed by atoms with Gasteiger partial charge in [0.25, 0.3) is 5.91 Å². The molecule has 17 heavy (non-hydrogen) atoms. The first-order chi connectivity index (χ1) is 8.17. The molecule has 0 spiro atoms. The van der Waals surface area contributed by atoms with Crippen LogP contribution in [0.15, 0.2) is 36.9 Å².